The molecule has 0 atom stereocenters. The van der Waals surface area contributed by atoms with E-state index in [1.807, 2.05) is 0 Å². The predicted octanol–water partition coefficient (Wildman–Crippen LogP) is 4.04. The molecule has 0 saturated heterocycles. The van der Waals surface area contributed by atoms with Crippen LogP contribution in [0.2, 0.25) is 0 Å². The molecule has 0 aliphatic rings. The second-order valence-corrected chi connectivity index (χ2v) is 5.91. The van der Waals surface area contributed by atoms with Gasteiger partial charge in [0, 0.05) is 48.0 Å². The standard InChI is InChI=1S/C19H18F3N7/c20-14-4-2-1-3-12(14)9-25-15-7-18(26-10-13(15)8-23)28-17-5-6-24-19(29-17)27-11-16(21)22/h1-8,10,16,23H,9,11H2,(H3,24,25,26,27,28,29). The minimum Gasteiger partial charge on any atom is -0.380 e. The van der Waals surface area contributed by atoms with Crippen LogP contribution < -0.4 is 16.0 Å². The summed E-state index contributed by atoms with van der Waals surface area (Å²) in [6.45, 7) is -0.327. The number of hydrogen-bond acceptors (Lipinski definition) is 7. The number of nitrogens with one attached hydrogen (secondary N) is 4. The molecule has 0 saturated carbocycles. The van der Waals surface area contributed by atoms with Crippen LogP contribution in [0.5, 0.6) is 0 Å². The van der Waals surface area contributed by atoms with Crippen LogP contribution in [0.3, 0.4) is 0 Å². The molecular weight excluding hydrogens is 383 g/mol. The van der Waals surface area contributed by atoms with E-state index in [0.717, 1.165) is 6.21 Å². The molecule has 4 N–H and O–H groups in total. The number of aromatic nitrogens is 3. The molecule has 0 bridgehead atoms. The molecule has 2 heterocycles. The van der Waals surface area contributed by atoms with E-state index in [1.165, 1.54) is 18.5 Å². The van der Waals surface area contributed by atoms with Crippen LogP contribution in [-0.4, -0.2) is 34.1 Å². The monoisotopic (exact) mass is 401 g/mol. The number of rotatable bonds is 9. The summed E-state index contributed by atoms with van der Waals surface area (Å²) in [6.07, 6.45) is 1.52. The van der Waals surface area contributed by atoms with Gasteiger partial charge in [-0.05, 0) is 12.1 Å². The fourth-order valence-electron chi connectivity index (χ4n) is 2.45. The molecule has 0 aliphatic heterocycles. The maximum absolute atomic E-state index is 13.8. The van der Waals surface area contributed by atoms with Gasteiger partial charge in [0.2, 0.25) is 5.95 Å². The van der Waals surface area contributed by atoms with Crippen LogP contribution >= 0.6 is 0 Å². The first-order valence-corrected chi connectivity index (χ1v) is 8.65. The molecule has 0 spiro atoms. The van der Waals surface area contributed by atoms with Crippen molar-refractivity contribution in [3.05, 3.63) is 65.7 Å². The molecule has 0 unspecified atom stereocenters. The van der Waals surface area contributed by atoms with Gasteiger partial charge in [-0.2, -0.15) is 4.98 Å². The van der Waals surface area contributed by atoms with E-state index in [4.69, 9.17) is 5.41 Å². The molecule has 0 aliphatic carbocycles. The highest BCUT2D eigenvalue weighted by atomic mass is 19.3. The van der Waals surface area contributed by atoms with Crippen molar-refractivity contribution in [2.75, 3.05) is 22.5 Å². The Balaban J connectivity index is 1.74. The number of benzene rings is 1. The van der Waals surface area contributed by atoms with E-state index < -0.39 is 13.0 Å². The average Bonchev–Trinajstić information content (AvgIpc) is 2.72. The minimum atomic E-state index is -2.52. The fourth-order valence-corrected chi connectivity index (χ4v) is 2.45. The summed E-state index contributed by atoms with van der Waals surface area (Å²) in [5.74, 6) is 0.495. The highest BCUT2D eigenvalue weighted by molar-refractivity contribution is 5.86. The van der Waals surface area contributed by atoms with Crippen molar-refractivity contribution in [3.8, 4) is 0 Å². The van der Waals surface area contributed by atoms with Gasteiger partial charge in [0.25, 0.3) is 6.43 Å². The summed E-state index contributed by atoms with van der Waals surface area (Å²) < 4.78 is 38.4. The first-order valence-electron chi connectivity index (χ1n) is 8.65. The lowest BCUT2D eigenvalue weighted by Crippen LogP contribution is -2.13. The maximum Gasteiger partial charge on any atom is 0.255 e. The van der Waals surface area contributed by atoms with Gasteiger partial charge >= 0.3 is 0 Å². The van der Waals surface area contributed by atoms with Gasteiger partial charge in [-0.1, -0.05) is 18.2 Å². The molecule has 3 rings (SSSR count). The zero-order valence-corrected chi connectivity index (χ0v) is 15.2. The van der Waals surface area contributed by atoms with Crippen LogP contribution in [0.15, 0.2) is 48.8 Å². The fraction of sp³-hybridized carbons (Fsp3) is 0.158. The van der Waals surface area contributed by atoms with E-state index in [9.17, 15) is 13.2 Å². The lowest BCUT2D eigenvalue weighted by Gasteiger charge is -2.13. The number of pyridine rings is 1. The summed E-state index contributed by atoms with van der Waals surface area (Å²) in [5.41, 5.74) is 1.58. The summed E-state index contributed by atoms with van der Waals surface area (Å²) in [5, 5.41) is 16.0. The van der Waals surface area contributed by atoms with E-state index in [0.29, 0.717) is 28.5 Å². The van der Waals surface area contributed by atoms with Crippen molar-refractivity contribution in [2.45, 2.75) is 13.0 Å². The lowest BCUT2D eigenvalue weighted by molar-refractivity contribution is 0.163. The molecule has 150 valence electrons. The van der Waals surface area contributed by atoms with Gasteiger partial charge in [0.05, 0.1) is 6.54 Å². The third kappa shape index (κ3) is 5.64. The molecule has 3 aromatic rings. The second-order valence-electron chi connectivity index (χ2n) is 5.91. The molecule has 0 radical (unpaired) electrons. The van der Waals surface area contributed by atoms with Crippen molar-refractivity contribution in [3.63, 3.8) is 0 Å². The Bertz CT molecular complexity index is 982. The van der Waals surface area contributed by atoms with Gasteiger partial charge in [-0.3, -0.25) is 0 Å². The number of halogens is 3. The number of hydrogen-bond donors (Lipinski definition) is 4. The summed E-state index contributed by atoms with van der Waals surface area (Å²) in [7, 11) is 0. The SMILES string of the molecule is N=Cc1cnc(Nc2ccnc(NCC(F)F)n2)cc1NCc1ccccc1F. The van der Waals surface area contributed by atoms with Gasteiger partial charge in [-0.25, -0.2) is 23.1 Å². The summed E-state index contributed by atoms with van der Waals surface area (Å²) >= 11 is 0. The normalized spacial score (nSPS) is 10.6. The van der Waals surface area contributed by atoms with Crippen molar-refractivity contribution < 1.29 is 13.2 Å². The smallest absolute Gasteiger partial charge is 0.255 e. The molecule has 1 aromatic carbocycles. The van der Waals surface area contributed by atoms with Gasteiger partial charge in [0.1, 0.15) is 17.5 Å². The third-order valence-electron chi connectivity index (χ3n) is 3.84. The van der Waals surface area contributed by atoms with E-state index >= 15 is 0 Å². The predicted molar refractivity (Wildman–Crippen MR) is 106 cm³/mol. The zero-order valence-electron chi connectivity index (χ0n) is 15.2. The average molecular weight is 401 g/mol. The number of anilines is 4. The Morgan fingerprint density at radius 3 is 2.66 bits per heavy atom. The topological polar surface area (TPSA) is 98.6 Å². The molecule has 10 heteroatoms. The summed E-state index contributed by atoms with van der Waals surface area (Å²) in [6, 6.07) is 9.61. The first-order chi connectivity index (χ1) is 14.0. The van der Waals surface area contributed by atoms with Crippen molar-refractivity contribution in [1.82, 2.24) is 15.0 Å². The second kappa shape index (κ2) is 9.49. The Morgan fingerprint density at radius 2 is 1.90 bits per heavy atom. The van der Waals surface area contributed by atoms with Gasteiger partial charge in [0.15, 0.2) is 0 Å². The van der Waals surface area contributed by atoms with Crippen LogP contribution in [-0.2, 0) is 6.54 Å². The Labute approximate surface area is 164 Å². The Hall–Kier alpha value is -3.69. The van der Waals surface area contributed by atoms with Crippen LogP contribution in [0.1, 0.15) is 11.1 Å². The number of alkyl halides is 2. The van der Waals surface area contributed by atoms with Crippen LogP contribution in [0.25, 0.3) is 0 Å². The zero-order chi connectivity index (χ0) is 20.6. The third-order valence-corrected chi connectivity index (χ3v) is 3.84. The first kappa shape index (κ1) is 20.1. The molecular formula is C19H18F3N7. The van der Waals surface area contributed by atoms with Crippen LogP contribution in [0.4, 0.5) is 36.4 Å². The summed E-state index contributed by atoms with van der Waals surface area (Å²) in [4.78, 5) is 12.2. The number of nitrogens with zero attached hydrogens (tertiary/aromatic N) is 3. The van der Waals surface area contributed by atoms with Crippen molar-refractivity contribution in [2.24, 2.45) is 0 Å². The highest BCUT2D eigenvalue weighted by Gasteiger charge is 2.08. The minimum absolute atomic E-state index is 0.0595. The maximum atomic E-state index is 13.8. The Morgan fingerprint density at radius 1 is 1.07 bits per heavy atom. The van der Waals surface area contributed by atoms with E-state index in [2.05, 4.69) is 30.9 Å². The van der Waals surface area contributed by atoms with Crippen molar-refractivity contribution >= 4 is 29.5 Å². The molecule has 7 nitrogen and oxygen atoms in total. The molecule has 0 fully saturated rings. The molecule has 29 heavy (non-hydrogen) atoms. The van der Waals surface area contributed by atoms with Crippen molar-refractivity contribution in [1.29, 1.82) is 5.41 Å². The van der Waals surface area contributed by atoms with E-state index in [1.54, 1.807) is 30.3 Å². The largest absolute Gasteiger partial charge is 0.380 e. The Kier molecular flexibility index (Phi) is 6.56. The molecule has 2 aromatic heterocycles. The quantitative estimate of drug-likeness (QED) is 0.404. The molecule has 0 amide bonds. The van der Waals surface area contributed by atoms with Gasteiger partial charge < -0.3 is 21.4 Å². The van der Waals surface area contributed by atoms with E-state index in [-0.39, 0.29) is 18.3 Å². The highest BCUT2D eigenvalue weighted by Crippen LogP contribution is 2.21. The lowest BCUT2D eigenvalue weighted by atomic mass is 10.2. The van der Waals surface area contributed by atoms with Gasteiger partial charge in [-0.15, -0.1) is 0 Å². The van der Waals surface area contributed by atoms with Crippen LogP contribution in [0, 0.1) is 11.2 Å².